The monoisotopic (exact) mass is 298 g/mol. The maximum absolute atomic E-state index is 11.8. The van der Waals surface area contributed by atoms with Crippen molar-refractivity contribution in [2.45, 2.75) is 58.8 Å². The van der Waals surface area contributed by atoms with Gasteiger partial charge in [-0.25, -0.2) is 0 Å². The highest BCUT2D eigenvalue weighted by Gasteiger charge is 2.58. The minimum Gasteiger partial charge on any atom is -0.295 e. The van der Waals surface area contributed by atoms with E-state index in [1.54, 1.807) is 0 Å². The Morgan fingerprint density at radius 1 is 1.14 bits per heavy atom. The largest absolute Gasteiger partial charge is 0.295 e. The summed E-state index contributed by atoms with van der Waals surface area (Å²) in [7, 11) is 0. The molecule has 0 aliphatic heterocycles. The Labute approximate surface area is 135 Å². The Bertz CT molecular complexity index is 532. The van der Waals surface area contributed by atoms with Crippen molar-refractivity contribution in [2.24, 2.45) is 40.4 Å². The summed E-state index contributed by atoms with van der Waals surface area (Å²) >= 11 is 0. The van der Waals surface area contributed by atoms with Crippen LogP contribution in [0.5, 0.6) is 0 Å². The highest BCUT2D eigenvalue weighted by molar-refractivity contribution is 5.91. The van der Waals surface area contributed by atoms with Gasteiger partial charge in [0.1, 0.15) is 0 Å². The summed E-state index contributed by atoms with van der Waals surface area (Å²) in [5, 5.41) is 0. The molecule has 0 heterocycles. The highest BCUT2D eigenvalue weighted by Crippen LogP contribution is 2.66. The van der Waals surface area contributed by atoms with Crippen molar-refractivity contribution in [3.05, 3.63) is 24.8 Å². The Morgan fingerprint density at radius 2 is 1.95 bits per heavy atom. The molecule has 120 valence electrons. The van der Waals surface area contributed by atoms with Crippen LogP contribution < -0.4 is 0 Å². The number of allylic oxidation sites excluding steroid dienone is 3. The molecule has 1 heteroatoms. The molecule has 4 rings (SSSR count). The molecule has 0 bridgehead atoms. The van der Waals surface area contributed by atoms with Crippen LogP contribution in [0.4, 0.5) is 0 Å². The van der Waals surface area contributed by atoms with E-state index in [4.69, 9.17) is 0 Å². The molecule has 3 saturated carbocycles. The predicted molar refractivity (Wildman–Crippen MR) is 90.3 cm³/mol. The van der Waals surface area contributed by atoms with Crippen molar-refractivity contribution in [1.82, 2.24) is 0 Å². The molecule has 3 fully saturated rings. The number of carbonyl (C=O) groups is 1. The van der Waals surface area contributed by atoms with E-state index in [0.717, 1.165) is 30.1 Å². The molecule has 4 aliphatic rings. The number of carbonyl (C=O) groups excluding carboxylic acids is 1. The number of hydrogen-bond donors (Lipinski definition) is 0. The van der Waals surface area contributed by atoms with Gasteiger partial charge in [0.25, 0.3) is 0 Å². The van der Waals surface area contributed by atoms with Gasteiger partial charge >= 0.3 is 0 Å². The standard InChI is InChI=1S/C21H30O/c1-4-14-6-8-18-17-7-5-15-13-16(22)9-11-21(15,3)19(17)10-12-20(14,18)2/h4,9,11,14-15,17-19H,1,5-8,10,12-13H2,2-3H3/t14-,15-,17-,18-,19-,20+,21-/m0/s1. The number of fused-ring (bicyclic) bond motifs is 5. The quantitative estimate of drug-likeness (QED) is 0.610. The van der Waals surface area contributed by atoms with Crippen LogP contribution in [0.15, 0.2) is 24.8 Å². The third-order valence-corrected chi connectivity index (χ3v) is 8.40. The second-order valence-electron chi connectivity index (χ2n) is 8.98. The third-order valence-electron chi connectivity index (χ3n) is 8.40. The van der Waals surface area contributed by atoms with E-state index < -0.39 is 0 Å². The van der Waals surface area contributed by atoms with E-state index in [-0.39, 0.29) is 5.41 Å². The summed E-state index contributed by atoms with van der Waals surface area (Å²) in [6.45, 7) is 9.12. The Hall–Kier alpha value is -0.850. The van der Waals surface area contributed by atoms with Crippen LogP contribution in [0.1, 0.15) is 58.8 Å². The van der Waals surface area contributed by atoms with Crippen molar-refractivity contribution in [3.8, 4) is 0 Å². The van der Waals surface area contributed by atoms with Crippen LogP contribution >= 0.6 is 0 Å². The number of rotatable bonds is 1. The maximum atomic E-state index is 11.8. The van der Waals surface area contributed by atoms with Crippen LogP contribution in [-0.2, 0) is 4.79 Å². The lowest BCUT2D eigenvalue weighted by atomic mass is 9.46. The molecule has 0 saturated heterocycles. The van der Waals surface area contributed by atoms with Crippen LogP contribution in [0.3, 0.4) is 0 Å². The van der Waals surface area contributed by atoms with Gasteiger partial charge < -0.3 is 0 Å². The van der Waals surface area contributed by atoms with Crippen LogP contribution in [-0.4, -0.2) is 5.78 Å². The molecule has 0 amide bonds. The molecule has 0 N–H and O–H groups in total. The third kappa shape index (κ3) is 1.80. The average molecular weight is 298 g/mol. The van der Waals surface area contributed by atoms with E-state index in [1.165, 1.54) is 38.5 Å². The lowest BCUT2D eigenvalue weighted by molar-refractivity contribution is -0.122. The molecule has 4 aliphatic carbocycles. The predicted octanol–water partition coefficient (Wildman–Crippen LogP) is 5.18. The number of hydrogen-bond acceptors (Lipinski definition) is 1. The summed E-state index contributed by atoms with van der Waals surface area (Å²) in [5.41, 5.74) is 0.782. The van der Waals surface area contributed by atoms with E-state index >= 15 is 0 Å². The van der Waals surface area contributed by atoms with Gasteiger partial charge in [-0.2, -0.15) is 0 Å². The molecule has 0 aromatic carbocycles. The molecule has 0 spiro atoms. The van der Waals surface area contributed by atoms with E-state index in [2.05, 4.69) is 32.6 Å². The topological polar surface area (TPSA) is 17.1 Å². The fourth-order valence-corrected chi connectivity index (χ4v) is 7.06. The summed E-state index contributed by atoms with van der Waals surface area (Å²) in [5.74, 6) is 4.26. The zero-order valence-electron chi connectivity index (χ0n) is 14.2. The lowest BCUT2D eigenvalue weighted by Crippen LogP contribution is -2.52. The smallest absolute Gasteiger partial charge is 0.155 e. The SMILES string of the molecule is C=C[C@H]1CC[C@H]2[C@@H]3CC[C@H]4CC(=O)C=C[C@]4(C)[C@H]3CC[C@]12C. The fraction of sp³-hybridized carbons (Fsp3) is 0.762. The Balaban J connectivity index is 1.67. The zero-order valence-corrected chi connectivity index (χ0v) is 14.2. The second kappa shape index (κ2) is 4.82. The molecule has 0 aromatic rings. The first-order valence-corrected chi connectivity index (χ1v) is 9.33. The molecular formula is C21H30O. The van der Waals surface area contributed by atoms with E-state index in [1.807, 2.05) is 6.08 Å². The average Bonchev–Trinajstić information content (AvgIpc) is 2.84. The Morgan fingerprint density at radius 3 is 2.73 bits per heavy atom. The summed E-state index contributed by atoms with van der Waals surface area (Å²) in [6, 6.07) is 0. The first-order valence-electron chi connectivity index (χ1n) is 9.33. The van der Waals surface area contributed by atoms with Gasteiger partial charge in [0.05, 0.1) is 0 Å². The van der Waals surface area contributed by atoms with Gasteiger partial charge in [-0.05, 0) is 85.0 Å². The van der Waals surface area contributed by atoms with Crippen molar-refractivity contribution >= 4 is 5.78 Å². The molecule has 1 nitrogen and oxygen atoms in total. The Kier molecular flexibility index (Phi) is 3.23. The van der Waals surface area contributed by atoms with E-state index in [0.29, 0.717) is 17.1 Å². The van der Waals surface area contributed by atoms with Crippen LogP contribution in [0, 0.1) is 40.4 Å². The van der Waals surface area contributed by atoms with E-state index in [9.17, 15) is 4.79 Å². The van der Waals surface area contributed by atoms with Gasteiger partial charge in [-0.15, -0.1) is 6.58 Å². The molecule has 22 heavy (non-hydrogen) atoms. The second-order valence-corrected chi connectivity index (χ2v) is 8.98. The molecule has 0 unspecified atom stereocenters. The van der Waals surface area contributed by atoms with Crippen molar-refractivity contribution in [3.63, 3.8) is 0 Å². The molecule has 7 atom stereocenters. The van der Waals surface area contributed by atoms with Crippen LogP contribution in [0.2, 0.25) is 0 Å². The van der Waals surface area contributed by atoms with Crippen molar-refractivity contribution in [2.75, 3.05) is 0 Å². The zero-order chi connectivity index (χ0) is 15.5. The lowest BCUT2D eigenvalue weighted by Gasteiger charge is -2.58. The first kappa shape index (κ1) is 14.7. The van der Waals surface area contributed by atoms with Gasteiger partial charge in [-0.1, -0.05) is 26.0 Å². The van der Waals surface area contributed by atoms with Gasteiger partial charge in [0.2, 0.25) is 0 Å². The summed E-state index contributed by atoms with van der Waals surface area (Å²) in [6.07, 6.45) is 15.3. The number of ketones is 1. The molecule has 0 radical (unpaired) electrons. The molecule has 0 aromatic heterocycles. The molecular weight excluding hydrogens is 268 g/mol. The van der Waals surface area contributed by atoms with Crippen LogP contribution in [0.25, 0.3) is 0 Å². The highest BCUT2D eigenvalue weighted by atomic mass is 16.1. The minimum absolute atomic E-state index is 0.282. The van der Waals surface area contributed by atoms with Gasteiger partial charge in [-0.3, -0.25) is 4.79 Å². The van der Waals surface area contributed by atoms with Gasteiger partial charge in [0, 0.05) is 6.42 Å². The summed E-state index contributed by atoms with van der Waals surface area (Å²) in [4.78, 5) is 11.8. The first-order chi connectivity index (χ1) is 10.5. The fourth-order valence-electron chi connectivity index (χ4n) is 7.06. The minimum atomic E-state index is 0.282. The van der Waals surface area contributed by atoms with Gasteiger partial charge in [0.15, 0.2) is 5.78 Å². The normalized spacial score (nSPS) is 53.5. The summed E-state index contributed by atoms with van der Waals surface area (Å²) < 4.78 is 0. The van der Waals surface area contributed by atoms with Crippen molar-refractivity contribution < 1.29 is 4.79 Å². The van der Waals surface area contributed by atoms with Crippen molar-refractivity contribution in [1.29, 1.82) is 0 Å². The maximum Gasteiger partial charge on any atom is 0.155 e.